The molecule has 0 aromatic carbocycles. The monoisotopic (exact) mass is 307 g/mol. The molecule has 2 N–H and O–H groups in total. The van der Waals surface area contributed by atoms with Crippen molar-refractivity contribution in [3.05, 3.63) is 16.1 Å². The minimum absolute atomic E-state index is 0.186. The molecule has 116 valence electrons. The molecule has 21 heavy (non-hydrogen) atoms. The predicted molar refractivity (Wildman–Crippen MR) is 85.5 cm³/mol. The van der Waals surface area contributed by atoms with Crippen LogP contribution in [0.15, 0.2) is 5.51 Å². The highest BCUT2D eigenvalue weighted by Gasteiger charge is 2.33. The molecule has 2 fully saturated rings. The van der Waals surface area contributed by atoms with E-state index in [2.05, 4.69) is 15.6 Å². The van der Waals surface area contributed by atoms with Crippen molar-refractivity contribution in [2.75, 3.05) is 0 Å². The molecule has 2 saturated carbocycles. The number of amides is 1. The molecule has 1 heterocycles. The molecule has 2 aliphatic carbocycles. The van der Waals surface area contributed by atoms with E-state index < -0.39 is 0 Å². The van der Waals surface area contributed by atoms with Gasteiger partial charge in [0.25, 0.3) is 0 Å². The van der Waals surface area contributed by atoms with Crippen LogP contribution in [0.3, 0.4) is 0 Å². The van der Waals surface area contributed by atoms with Crippen molar-refractivity contribution in [2.24, 2.45) is 0 Å². The predicted octanol–water partition coefficient (Wildman–Crippen LogP) is 2.56. The summed E-state index contributed by atoms with van der Waals surface area (Å²) < 4.78 is 0. The highest BCUT2D eigenvalue weighted by molar-refractivity contribution is 7.09. The topological polar surface area (TPSA) is 54.0 Å². The number of thiazole rings is 1. The fourth-order valence-corrected chi connectivity index (χ4v) is 4.12. The molecular weight excluding hydrogens is 282 g/mol. The van der Waals surface area contributed by atoms with Gasteiger partial charge in [0.15, 0.2) is 0 Å². The van der Waals surface area contributed by atoms with E-state index in [0.29, 0.717) is 24.5 Å². The van der Waals surface area contributed by atoms with Gasteiger partial charge in [0.1, 0.15) is 0 Å². The third-order valence-electron chi connectivity index (χ3n) is 4.85. The summed E-state index contributed by atoms with van der Waals surface area (Å²) in [5.41, 5.74) is 2.92. The number of nitrogens with one attached hydrogen (secondary N) is 2. The van der Waals surface area contributed by atoms with Gasteiger partial charge in [-0.15, -0.1) is 11.3 Å². The molecule has 3 rings (SSSR count). The van der Waals surface area contributed by atoms with E-state index in [9.17, 15) is 4.79 Å². The first-order valence-electron chi connectivity index (χ1n) is 8.17. The average Bonchev–Trinajstić information content (AvgIpc) is 3.10. The van der Waals surface area contributed by atoms with Crippen molar-refractivity contribution in [2.45, 2.75) is 76.4 Å². The molecule has 0 bridgehead atoms. The maximum Gasteiger partial charge on any atom is 0.220 e. The summed E-state index contributed by atoms with van der Waals surface area (Å²) in [6.45, 7) is 2.01. The smallest absolute Gasteiger partial charge is 0.220 e. The van der Waals surface area contributed by atoms with Crippen LogP contribution >= 0.6 is 11.3 Å². The van der Waals surface area contributed by atoms with Gasteiger partial charge in [0.05, 0.1) is 11.2 Å². The van der Waals surface area contributed by atoms with E-state index in [0.717, 1.165) is 18.5 Å². The summed E-state index contributed by atoms with van der Waals surface area (Å²) in [7, 11) is 0. The fourth-order valence-electron chi connectivity index (χ4n) is 3.34. The van der Waals surface area contributed by atoms with E-state index in [1.54, 1.807) is 11.3 Å². The summed E-state index contributed by atoms with van der Waals surface area (Å²) in [5.74, 6) is 0.186. The minimum atomic E-state index is 0.186. The molecule has 0 unspecified atom stereocenters. The third kappa shape index (κ3) is 3.83. The molecule has 2 aliphatic rings. The number of aryl methyl sites for hydroxylation is 2. The van der Waals surface area contributed by atoms with Crippen LogP contribution in [0.5, 0.6) is 0 Å². The Labute approximate surface area is 130 Å². The number of hydrogen-bond donors (Lipinski definition) is 2. The summed E-state index contributed by atoms with van der Waals surface area (Å²) in [5, 5.41) is 6.93. The number of aromatic nitrogens is 1. The highest BCUT2D eigenvalue weighted by Crippen LogP contribution is 2.25. The molecule has 1 aromatic rings. The van der Waals surface area contributed by atoms with Gasteiger partial charge in [-0.1, -0.05) is 12.8 Å². The van der Waals surface area contributed by atoms with E-state index in [-0.39, 0.29) is 5.91 Å². The number of hydrogen-bond acceptors (Lipinski definition) is 4. The van der Waals surface area contributed by atoms with Crippen LogP contribution < -0.4 is 10.6 Å². The second-order valence-electron chi connectivity index (χ2n) is 6.37. The number of carbonyl (C=O) groups excluding carboxylic acids is 1. The zero-order chi connectivity index (χ0) is 14.7. The summed E-state index contributed by atoms with van der Waals surface area (Å²) >= 11 is 1.65. The summed E-state index contributed by atoms with van der Waals surface area (Å²) in [6.07, 6.45) is 9.05. The van der Waals surface area contributed by atoms with Gasteiger partial charge in [-0.05, 0) is 39.0 Å². The van der Waals surface area contributed by atoms with Crippen LogP contribution in [-0.2, 0) is 11.2 Å². The quantitative estimate of drug-likeness (QED) is 0.849. The highest BCUT2D eigenvalue weighted by atomic mass is 32.1. The molecule has 5 heteroatoms. The minimum Gasteiger partial charge on any atom is -0.352 e. The van der Waals surface area contributed by atoms with Gasteiger partial charge in [0, 0.05) is 29.4 Å². The Morgan fingerprint density at radius 3 is 2.67 bits per heavy atom. The van der Waals surface area contributed by atoms with Gasteiger partial charge >= 0.3 is 0 Å². The Morgan fingerprint density at radius 2 is 2.05 bits per heavy atom. The van der Waals surface area contributed by atoms with Crippen molar-refractivity contribution in [3.63, 3.8) is 0 Å². The number of nitrogens with zero attached hydrogens (tertiary/aromatic N) is 1. The lowest BCUT2D eigenvalue weighted by Crippen LogP contribution is -2.58. The lowest BCUT2D eigenvalue weighted by molar-refractivity contribution is -0.122. The molecular formula is C16H25N3OS. The largest absolute Gasteiger partial charge is 0.352 e. The average molecular weight is 307 g/mol. The van der Waals surface area contributed by atoms with Gasteiger partial charge in [-0.25, -0.2) is 4.98 Å². The molecule has 0 saturated heterocycles. The van der Waals surface area contributed by atoms with E-state index >= 15 is 0 Å². The van der Waals surface area contributed by atoms with Crippen molar-refractivity contribution in [1.29, 1.82) is 0 Å². The normalized spacial score (nSPS) is 25.8. The van der Waals surface area contributed by atoms with Crippen LogP contribution in [0, 0.1) is 6.92 Å². The second-order valence-corrected chi connectivity index (χ2v) is 7.31. The Morgan fingerprint density at radius 1 is 1.29 bits per heavy atom. The van der Waals surface area contributed by atoms with Crippen LogP contribution in [0.2, 0.25) is 0 Å². The molecule has 0 radical (unpaired) electrons. The molecule has 2 atom stereocenters. The van der Waals surface area contributed by atoms with Crippen molar-refractivity contribution < 1.29 is 4.79 Å². The summed E-state index contributed by atoms with van der Waals surface area (Å²) in [4.78, 5) is 17.5. The van der Waals surface area contributed by atoms with Crippen molar-refractivity contribution in [3.8, 4) is 0 Å². The maximum absolute atomic E-state index is 12.1. The van der Waals surface area contributed by atoms with Crippen LogP contribution in [-0.4, -0.2) is 29.0 Å². The van der Waals surface area contributed by atoms with Gasteiger partial charge in [-0.3, -0.25) is 4.79 Å². The standard InChI is InChI=1S/C16H25N3OS/c1-11-15(21-10-17-11)8-9-16(20)19-14-7-6-13(14)18-12-4-2-3-5-12/h10,12-14,18H,2-9H2,1H3,(H,19,20)/t13-,14+/m1/s1. The van der Waals surface area contributed by atoms with Crippen molar-refractivity contribution >= 4 is 17.2 Å². The van der Waals surface area contributed by atoms with Gasteiger partial charge < -0.3 is 10.6 Å². The summed E-state index contributed by atoms with van der Waals surface area (Å²) in [6, 6.07) is 1.54. The van der Waals surface area contributed by atoms with E-state index in [1.807, 2.05) is 12.4 Å². The Hall–Kier alpha value is -0.940. The van der Waals surface area contributed by atoms with Crippen LogP contribution in [0.1, 0.15) is 55.5 Å². The lowest BCUT2D eigenvalue weighted by atomic mass is 9.85. The first kappa shape index (κ1) is 15.0. The molecule has 0 spiro atoms. The van der Waals surface area contributed by atoms with Gasteiger partial charge in [-0.2, -0.15) is 0 Å². The Balaban J connectivity index is 1.39. The number of rotatable bonds is 6. The van der Waals surface area contributed by atoms with Crippen LogP contribution in [0.4, 0.5) is 0 Å². The number of carbonyl (C=O) groups is 1. The first-order chi connectivity index (χ1) is 10.2. The van der Waals surface area contributed by atoms with Crippen LogP contribution in [0.25, 0.3) is 0 Å². The van der Waals surface area contributed by atoms with E-state index in [1.165, 1.54) is 37.0 Å². The zero-order valence-corrected chi connectivity index (χ0v) is 13.5. The maximum atomic E-state index is 12.1. The van der Waals surface area contributed by atoms with E-state index in [4.69, 9.17) is 0 Å². The molecule has 0 aliphatic heterocycles. The van der Waals surface area contributed by atoms with Gasteiger partial charge in [0.2, 0.25) is 5.91 Å². The Bertz CT molecular complexity index is 482. The molecule has 1 aromatic heterocycles. The molecule has 4 nitrogen and oxygen atoms in total. The molecule has 1 amide bonds. The Kier molecular flexibility index (Phi) is 4.91. The SMILES string of the molecule is Cc1ncsc1CCC(=O)N[C@H]1CC[C@H]1NC1CCCC1. The second kappa shape index (κ2) is 6.88. The van der Waals surface area contributed by atoms with Crippen molar-refractivity contribution in [1.82, 2.24) is 15.6 Å². The third-order valence-corrected chi connectivity index (χ3v) is 5.84. The lowest BCUT2D eigenvalue weighted by Gasteiger charge is -2.39. The zero-order valence-electron chi connectivity index (χ0n) is 12.7. The fraction of sp³-hybridized carbons (Fsp3) is 0.750. The first-order valence-corrected chi connectivity index (χ1v) is 9.04.